The molecule has 0 aliphatic carbocycles. The van der Waals surface area contributed by atoms with Crippen molar-refractivity contribution in [3.63, 3.8) is 0 Å². The average Bonchev–Trinajstić information content (AvgIpc) is 2.44. The minimum Gasteiger partial charge on any atom is -0.480 e. The summed E-state index contributed by atoms with van der Waals surface area (Å²) < 4.78 is 13.4. The van der Waals surface area contributed by atoms with Crippen molar-refractivity contribution in [2.45, 2.75) is 6.54 Å². The lowest BCUT2D eigenvalue weighted by atomic mass is 10.2. The van der Waals surface area contributed by atoms with Gasteiger partial charge < -0.3 is 20.6 Å². The molecular formula is C13H16FN3O4. The molecular weight excluding hydrogens is 281 g/mol. The second kappa shape index (κ2) is 7.83. The quantitative estimate of drug-likeness (QED) is 0.697. The van der Waals surface area contributed by atoms with Crippen LogP contribution >= 0.6 is 0 Å². The van der Waals surface area contributed by atoms with Gasteiger partial charge in [0.15, 0.2) is 0 Å². The molecule has 0 aliphatic rings. The van der Waals surface area contributed by atoms with Crippen molar-refractivity contribution in [2.24, 2.45) is 0 Å². The zero-order valence-electron chi connectivity index (χ0n) is 11.4. The third-order valence-electron chi connectivity index (χ3n) is 2.55. The smallest absolute Gasteiger partial charge is 0.322 e. The Hall–Kier alpha value is -2.64. The number of nitrogens with one attached hydrogen (secondary N) is 2. The number of carboxylic acids is 1. The molecule has 0 saturated heterocycles. The van der Waals surface area contributed by atoms with Crippen LogP contribution in [0.3, 0.4) is 0 Å². The van der Waals surface area contributed by atoms with E-state index in [9.17, 15) is 18.8 Å². The van der Waals surface area contributed by atoms with E-state index in [4.69, 9.17) is 5.11 Å². The fraction of sp³-hybridized carbons (Fsp3) is 0.308. The van der Waals surface area contributed by atoms with Gasteiger partial charge in [0.05, 0.1) is 6.54 Å². The fourth-order valence-electron chi connectivity index (χ4n) is 1.48. The highest BCUT2D eigenvalue weighted by molar-refractivity contribution is 5.86. The molecule has 0 spiro atoms. The van der Waals surface area contributed by atoms with Crippen LogP contribution in [0.5, 0.6) is 0 Å². The highest BCUT2D eigenvalue weighted by Crippen LogP contribution is 2.08. The summed E-state index contributed by atoms with van der Waals surface area (Å²) in [6.45, 7) is -0.817. The Labute approximate surface area is 120 Å². The summed E-state index contributed by atoms with van der Waals surface area (Å²) in [6, 6.07) is 5.48. The molecule has 1 rings (SSSR count). The van der Waals surface area contributed by atoms with Gasteiger partial charge in [-0.1, -0.05) is 18.2 Å². The lowest BCUT2D eigenvalue weighted by Crippen LogP contribution is -2.43. The van der Waals surface area contributed by atoms with Gasteiger partial charge in [0, 0.05) is 19.2 Å². The third-order valence-corrected chi connectivity index (χ3v) is 2.55. The lowest BCUT2D eigenvalue weighted by molar-refractivity contribution is -0.137. The molecule has 7 nitrogen and oxygen atoms in total. The van der Waals surface area contributed by atoms with Crippen molar-refractivity contribution < 1.29 is 23.9 Å². The number of rotatable bonds is 6. The van der Waals surface area contributed by atoms with Crippen molar-refractivity contribution in [1.82, 2.24) is 15.5 Å². The van der Waals surface area contributed by atoms with Gasteiger partial charge in [-0.2, -0.15) is 0 Å². The van der Waals surface area contributed by atoms with Crippen LogP contribution in [-0.2, 0) is 16.1 Å². The topological polar surface area (TPSA) is 98.7 Å². The van der Waals surface area contributed by atoms with Gasteiger partial charge >= 0.3 is 12.0 Å². The van der Waals surface area contributed by atoms with E-state index < -0.39 is 30.3 Å². The standard InChI is InChI=1S/C13H16FN3O4/c1-17(8-9-4-2-3-5-10(9)14)13(21)16-6-11(18)15-7-12(19)20/h2-5H,6-8H2,1H3,(H,15,18)(H,16,21)(H,19,20). The van der Waals surface area contributed by atoms with Crippen molar-refractivity contribution in [1.29, 1.82) is 0 Å². The van der Waals surface area contributed by atoms with Gasteiger partial charge in [-0.25, -0.2) is 9.18 Å². The molecule has 3 amide bonds. The molecule has 1 aromatic carbocycles. The number of carboxylic acid groups (broad SMARTS) is 1. The Morgan fingerprint density at radius 1 is 1.19 bits per heavy atom. The van der Waals surface area contributed by atoms with Crippen molar-refractivity contribution in [3.8, 4) is 0 Å². The Morgan fingerprint density at radius 2 is 1.86 bits per heavy atom. The Bertz CT molecular complexity index is 536. The highest BCUT2D eigenvalue weighted by Gasteiger charge is 2.12. The van der Waals surface area contributed by atoms with Crippen LogP contribution in [0.15, 0.2) is 24.3 Å². The second-order valence-corrected chi connectivity index (χ2v) is 4.28. The van der Waals surface area contributed by atoms with Gasteiger partial charge in [-0.15, -0.1) is 0 Å². The number of carbonyl (C=O) groups is 3. The summed E-state index contributed by atoms with van der Waals surface area (Å²) in [5.74, 6) is -2.22. The molecule has 0 aliphatic heterocycles. The van der Waals surface area contributed by atoms with Crippen molar-refractivity contribution in [3.05, 3.63) is 35.6 Å². The molecule has 0 radical (unpaired) electrons. The van der Waals surface area contributed by atoms with E-state index in [1.807, 2.05) is 0 Å². The first kappa shape index (κ1) is 16.4. The summed E-state index contributed by atoms with van der Waals surface area (Å²) in [5.41, 5.74) is 0.352. The SMILES string of the molecule is CN(Cc1ccccc1F)C(=O)NCC(=O)NCC(=O)O. The van der Waals surface area contributed by atoms with Crippen LogP contribution in [0.4, 0.5) is 9.18 Å². The van der Waals surface area contributed by atoms with Gasteiger partial charge in [0.1, 0.15) is 12.4 Å². The number of urea groups is 1. The first-order valence-corrected chi connectivity index (χ1v) is 6.11. The average molecular weight is 297 g/mol. The number of benzene rings is 1. The van der Waals surface area contributed by atoms with Crippen molar-refractivity contribution >= 4 is 17.9 Å². The first-order chi connectivity index (χ1) is 9.90. The van der Waals surface area contributed by atoms with Crippen LogP contribution in [0.2, 0.25) is 0 Å². The van der Waals surface area contributed by atoms with Crippen LogP contribution in [-0.4, -0.2) is 48.1 Å². The number of aliphatic carboxylic acids is 1. The predicted octanol–water partition coefficient (Wildman–Crippen LogP) is 0.168. The first-order valence-electron chi connectivity index (χ1n) is 6.11. The van der Waals surface area contributed by atoms with Gasteiger partial charge in [-0.05, 0) is 6.07 Å². The maximum Gasteiger partial charge on any atom is 0.322 e. The second-order valence-electron chi connectivity index (χ2n) is 4.28. The van der Waals surface area contributed by atoms with Gasteiger partial charge in [-0.3, -0.25) is 9.59 Å². The van der Waals surface area contributed by atoms with Crippen molar-refractivity contribution in [2.75, 3.05) is 20.1 Å². The molecule has 0 atom stereocenters. The van der Waals surface area contributed by atoms with E-state index in [2.05, 4.69) is 10.6 Å². The number of hydrogen-bond donors (Lipinski definition) is 3. The number of halogens is 1. The summed E-state index contributed by atoms with van der Waals surface area (Å²) in [6.07, 6.45) is 0. The number of amides is 3. The minimum atomic E-state index is -1.17. The van der Waals surface area contributed by atoms with E-state index >= 15 is 0 Å². The summed E-state index contributed by atoms with van der Waals surface area (Å²) in [7, 11) is 1.46. The molecule has 0 saturated carbocycles. The van der Waals surface area contributed by atoms with Crippen LogP contribution in [0.1, 0.15) is 5.56 Å². The van der Waals surface area contributed by atoms with E-state index in [1.54, 1.807) is 18.2 Å². The molecule has 114 valence electrons. The van der Waals surface area contributed by atoms with Gasteiger partial charge in [0.25, 0.3) is 0 Å². The number of hydrogen-bond acceptors (Lipinski definition) is 3. The maximum absolute atomic E-state index is 13.4. The maximum atomic E-state index is 13.4. The molecule has 0 heterocycles. The summed E-state index contributed by atoms with van der Waals surface area (Å²) in [5, 5.41) is 12.8. The van der Waals surface area contributed by atoms with E-state index in [-0.39, 0.29) is 13.1 Å². The molecule has 21 heavy (non-hydrogen) atoms. The van der Waals surface area contributed by atoms with E-state index in [0.29, 0.717) is 5.56 Å². The van der Waals surface area contributed by atoms with E-state index in [0.717, 1.165) is 0 Å². The predicted molar refractivity (Wildman–Crippen MR) is 71.9 cm³/mol. The minimum absolute atomic E-state index is 0.0508. The molecule has 0 unspecified atom stereocenters. The van der Waals surface area contributed by atoms with Crippen LogP contribution < -0.4 is 10.6 Å². The van der Waals surface area contributed by atoms with Crippen LogP contribution in [0.25, 0.3) is 0 Å². The zero-order valence-corrected chi connectivity index (χ0v) is 11.4. The largest absolute Gasteiger partial charge is 0.480 e. The van der Waals surface area contributed by atoms with E-state index in [1.165, 1.54) is 18.0 Å². The monoisotopic (exact) mass is 297 g/mol. The molecule has 1 aromatic rings. The number of carbonyl (C=O) groups excluding carboxylic acids is 2. The normalized spacial score (nSPS) is 9.81. The lowest BCUT2D eigenvalue weighted by Gasteiger charge is -2.18. The molecule has 8 heteroatoms. The Morgan fingerprint density at radius 3 is 2.48 bits per heavy atom. The summed E-state index contributed by atoms with van der Waals surface area (Å²) >= 11 is 0. The molecule has 0 bridgehead atoms. The highest BCUT2D eigenvalue weighted by atomic mass is 19.1. The Kier molecular flexibility index (Phi) is 6.12. The molecule has 0 aromatic heterocycles. The molecule has 0 fully saturated rings. The Balaban J connectivity index is 2.40. The molecule has 3 N–H and O–H groups in total. The number of nitrogens with zero attached hydrogens (tertiary/aromatic N) is 1. The fourth-order valence-corrected chi connectivity index (χ4v) is 1.48. The van der Waals surface area contributed by atoms with Crippen LogP contribution in [0, 0.1) is 5.82 Å². The third kappa shape index (κ3) is 5.89. The zero-order chi connectivity index (χ0) is 15.8. The summed E-state index contributed by atoms with van der Waals surface area (Å²) in [4.78, 5) is 34.4. The van der Waals surface area contributed by atoms with Gasteiger partial charge in [0.2, 0.25) is 5.91 Å².